The molecular weight excluding hydrogens is 615 g/mol. The van der Waals surface area contributed by atoms with E-state index in [-0.39, 0.29) is 0 Å². The second-order valence-corrected chi connectivity index (χ2v) is 14.2. The average Bonchev–Trinajstić information content (AvgIpc) is 3.21. The minimum Gasteiger partial charge on any atom is -0.310 e. The molecule has 0 N–H and O–H groups in total. The largest absolute Gasteiger partial charge is 0.310 e. The van der Waals surface area contributed by atoms with Crippen LogP contribution in [0.15, 0.2) is 164 Å². The second kappa shape index (κ2) is 13.9. The molecule has 0 radical (unpaired) electrons. The van der Waals surface area contributed by atoms with Gasteiger partial charge in [0.25, 0.3) is 0 Å². The zero-order valence-corrected chi connectivity index (χ0v) is 29.2. The van der Waals surface area contributed by atoms with Crippen LogP contribution in [0, 0.1) is 0 Å². The van der Waals surface area contributed by atoms with Gasteiger partial charge in [0, 0.05) is 17.1 Å². The summed E-state index contributed by atoms with van der Waals surface area (Å²) in [5.41, 5.74) is 20.7. The molecule has 0 aromatic heterocycles. The van der Waals surface area contributed by atoms with Crippen LogP contribution >= 0.6 is 0 Å². The van der Waals surface area contributed by atoms with Crippen LogP contribution in [0.4, 0.5) is 17.1 Å². The smallest absolute Gasteiger partial charge is 0.0467 e. The number of rotatable bonds is 7. The predicted molar refractivity (Wildman–Crippen MR) is 216 cm³/mol. The van der Waals surface area contributed by atoms with E-state index in [2.05, 4.69) is 169 Å². The summed E-state index contributed by atoms with van der Waals surface area (Å²) in [6.07, 6.45) is 9.75. The first kappa shape index (κ1) is 31.3. The van der Waals surface area contributed by atoms with Crippen molar-refractivity contribution in [1.29, 1.82) is 0 Å². The first-order valence-corrected chi connectivity index (χ1v) is 18.8. The van der Waals surface area contributed by atoms with Crippen LogP contribution in [0.1, 0.15) is 47.9 Å². The van der Waals surface area contributed by atoms with E-state index in [1.165, 1.54) is 83.2 Å². The minimum absolute atomic E-state index is 1.16. The van der Waals surface area contributed by atoms with Gasteiger partial charge in [-0.3, -0.25) is 0 Å². The van der Waals surface area contributed by atoms with Gasteiger partial charge in [-0.15, -0.1) is 0 Å². The monoisotopic (exact) mass is 657 g/mol. The summed E-state index contributed by atoms with van der Waals surface area (Å²) >= 11 is 0. The fraction of sp³-hybridized carbons (Fsp3) is 0.160. The molecular formula is C50H43N. The van der Waals surface area contributed by atoms with E-state index < -0.39 is 0 Å². The van der Waals surface area contributed by atoms with Gasteiger partial charge in [-0.2, -0.15) is 0 Å². The standard InChI is InChI=1S/C50H43N/c1-4-15-36(16-5-1)38-27-31-42(32-28-38)51(43-33-29-39(30-34-43)37-17-6-2-7-18-37)44-22-14-21-41(35-44)50-47-25-12-10-23-45(47)49(40-19-8-3-9-20-40)46-24-11-13-26-48(46)50/h1-9,14-22,27-35H,10-13,23-26H2. The van der Waals surface area contributed by atoms with E-state index in [9.17, 15) is 0 Å². The normalized spacial score (nSPS) is 13.6. The van der Waals surface area contributed by atoms with Crippen molar-refractivity contribution in [3.63, 3.8) is 0 Å². The third kappa shape index (κ3) is 6.08. The summed E-state index contributed by atoms with van der Waals surface area (Å²) in [5.74, 6) is 0. The number of anilines is 3. The van der Waals surface area contributed by atoms with Gasteiger partial charge in [-0.25, -0.2) is 0 Å². The van der Waals surface area contributed by atoms with Gasteiger partial charge < -0.3 is 4.90 Å². The Morgan fingerprint density at radius 1 is 0.275 bits per heavy atom. The third-order valence-corrected chi connectivity index (χ3v) is 11.1. The third-order valence-electron chi connectivity index (χ3n) is 11.1. The lowest BCUT2D eigenvalue weighted by atomic mass is 9.73. The maximum Gasteiger partial charge on any atom is 0.0467 e. The molecule has 0 saturated heterocycles. The molecule has 0 unspecified atom stereocenters. The highest BCUT2D eigenvalue weighted by Gasteiger charge is 2.28. The molecule has 7 aromatic carbocycles. The molecule has 51 heavy (non-hydrogen) atoms. The molecule has 7 aromatic rings. The molecule has 0 amide bonds. The topological polar surface area (TPSA) is 3.24 Å². The molecule has 0 heterocycles. The van der Waals surface area contributed by atoms with Crippen molar-refractivity contribution in [2.45, 2.75) is 51.4 Å². The highest BCUT2D eigenvalue weighted by molar-refractivity contribution is 5.87. The molecule has 0 saturated carbocycles. The van der Waals surface area contributed by atoms with E-state index in [1.54, 1.807) is 27.8 Å². The van der Waals surface area contributed by atoms with E-state index >= 15 is 0 Å². The molecule has 248 valence electrons. The summed E-state index contributed by atoms with van der Waals surface area (Å²) < 4.78 is 0. The molecule has 0 fully saturated rings. The molecule has 2 aliphatic rings. The van der Waals surface area contributed by atoms with Crippen molar-refractivity contribution < 1.29 is 0 Å². The SMILES string of the molecule is c1ccc(-c2ccc(N(c3ccc(-c4ccccc4)cc3)c3cccc(-c4c5c(c(-c6ccccc6)c6c4CCCC6)CCCC5)c3)cc2)cc1. The Balaban J connectivity index is 1.19. The fourth-order valence-corrected chi connectivity index (χ4v) is 8.70. The van der Waals surface area contributed by atoms with Crippen LogP contribution in [0.25, 0.3) is 44.5 Å². The molecule has 0 bridgehead atoms. The van der Waals surface area contributed by atoms with E-state index in [1.807, 2.05) is 0 Å². The van der Waals surface area contributed by atoms with Gasteiger partial charge in [0.2, 0.25) is 0 Å². The number of hydrogen-bond acceptors (Lipinski definition) is 1. The van der Waals surface area contributed by atoms with Gasteiger partial charge in [0.05, 0.1) is 0 Å². The van der Waals surface area contributed by atoms with Gasteiger partial charge >= 0.3 is 0 Å². The zero-order valence-electron chi connectivity index (χ0n) is 29.2. The zero-order chi connectivity index (χ0) is 34.0. The number of hydrogen-bond donors (Lipinski definition) is 0. The quantitative estimate of drug-likeness (QED) is 0.165. The Hall–Kier alpha value is -5.66. The Labute approximate surface area is 302 Å². The van der Waals surface area contributed by atoms with Crippen LogP contribution in [-0.4, -0.2) is 0 Å². The van der Waals surface area contributed by atoms with Gasteiger partial charge in [-0.05, 0) is 155 Å². The Morgan fingerprint density at radius 2 is 0.627 bits per heavy atom. The lowest BCUT2D eigenvalue weighted by Gasteiger charge is -2.32. The summed E-state index contributed by atoms with van der Waals surface area (Å²) in [4.78, 5) is 2.43. The van der Waals surface area contributed by atoms with Crippen LogP contribution in [-0.2, 0) is 25.7 Å². The van der Waals surface area contributed by atoms with Crippen molar-refractivity contribution in [3.05, 3.63) is 186 Å². The van der Waals surface area contributed by atoms with Crippen molar-refractivity contribution in [2.75, 3.05) is 4.90 Å². The predicted octanol–water partition coefficient (Wildman–Crippen LogP) is 13.6. The van der Waals surface area contributed by atoms with Crippen molar-refractivity contribution in [3.8, 4) is 44.5 Å². The summed E-state index contributed by atoms with van der Waals surface area (Å²) in [6, 6.07) is 60.1. The maximum atomic E-state index is 2.47. The highest BCUT2D eigenvalue weighted by Crippen LogP contribution is 2.47. The first-order valence-electron chi connectivity index (χ1n) is 18.8. The Kier molecular flexibility index (Phi) is 8.55. The average molecular weight is 658 g/mol. The highest BCUT2D eigenvalue weighted by atomic mass is 15.1. The first-order chi connectivity index (χ1) is 25.3. The number of benzene rings is 7. The van der Waals surface area contributed by atoms with E-state index in [0.717, 1.165) is 24.2 Å². The summed E-state index contributed by atoms with van der Waals surface area (Å²) in [6.45, 7) is 0. The summed E-state index contributed by atoms with van der Waals surface area (Å²) in [5, 5.41) is 0. The maximum absolute atomic E-state index is 2.47. The van der Waals surface area contributed by atoms with Crippen LogP contribution in [0.2, 0.25) is 0 Å². The number of fused-ring (bicyclic) bond motifs is 2. The molecule has 0 spiro atoms. The Morgan fingerprint density at radius 3 is 1.06 bits per heavy atom. The second-order valence-electron chi connectivity index (χ2n) is 14.2. The molecule has 1 nitrogen and oxygen atoms in total. The van der Waals surface area contributed by atoms with Crippen LogP contribution in [0.5, 0.6) is 0 Å². The molecule has 2 aliphatic carbocycles. The van der Waals surface area contributed by atoms with Gasteiger partial charge in [0.1, 0.15) is 0 Å². The van der Waals surface area contributed by atoms with E-state index in [0.29, 0.717) is 0 Å². The van der Waals surface area contributed by atoms with Crippen LogP contribution in [0.3, 0.4) is 0 Å². The minimum atomic E-state index is 1.16. The van der Waals surface area contributed by atoms with E-state index in [4.69, 9.17) is 0 Å². The van der Waals surface area contributed by atoms with Gasteiger partial charge in [-0.1, -0.05) is 127 Å². The van der Waals surface area contributed by atoms with Gasteiger partial charge in [0.15, 0.2) is 0 Å². The van der Waals surface area contributed by atoms with Crippen molar-refractivity contribution in [1.82, 2.24) is 0 Å². The fourth-order valence-electron chi connectivity index (χ4n) is 8.70. The number of nitrogens with zero attached hydrogens (tertiary/aromatic N) is 1. The van der Waals surface area contributed by atoms with Crippen LogP contribution < -0.4 is 4.90 Å². The molecule has 1 heteroatoms. The lowest BCUT2D eigenvalue weighted by Crippen LogP contribution is -2.16. The molecule has 9 rings (SSSR count). The van der Waals surface area contributed by atoms with Crippen molar-refractivity contribution >= 4 is 17.1 Å². The molecule has 0 atom stereocenters. The molecule has 0 aliphatic heterocycles. The Bertz CT molecular complexity index is 2150. The summed E-state index contributed by atoms with van der Waals surface area (Å²) in [7, 11) is 0. The lowest BCUT2D eigenvalue weighted by molar-refractivity contribution is 0.662. The van der Waals surface area contributed by atoms with Crippen molar-refractivity contribution in [2.24, 2.45) is 0 Å².